The molecule has 0 bridgehead atoms. The summed E-state index contributed by atoms with van der Waals surface area (Å²) in [6, 6.07) is 0.638. The summed E-state index contributed by atoms with van der Waals surface area (Å²) in [5, 5.41) is 4.74. The Morgan fingerprint density at radius 2 is 1.80 bits per heavy atom. The van der Waals surface area contributed by atoms with Crippen LogP contribution in [-0.4, -0.2) is 34.8 Å². The molecule has 1 aromatic heterocycles. The minimum Gasteiger partial charge on any atom is -0.369 e. The van der Waals surface area contributed by atoms with Crippen LogP contribution in [0.15, 0.2) is 6.07 Å². The third-order valence-electron chi connectivity index (χ3n) is 1.91. The van der Waals surface area contributed by atoms with Crippen molar-refractivity contribution in [2.45, 2.75) is 11.7 Å². The second kappa shape index (κ2) is 6.37. The smallest absolute Gasteiger partial charge is 0.369 e. The molecule has 0 aliphatic carbocycles. The van der Waals surface area contributed by atoms with E-state index >= 15 is 0 Å². The van der Waals surface area contributed by atoms with E-state index < -0.39 is 17.4 Å². The zero-order valence-corrected chi connectivity index (χ0v) is 10.9. The highest BCUT2D eigenvalue weighted by Crippen LogP contribution is 2.31. The number of rotatable bonds is 5. The van der Waals surface area contributed by atoms with Crippen molar-refractivity contribution in [3.63, 3.8) is 0 Å². The number of aromatic nitrogens is 2. The van der Waals surface area contributed by atoms with Crippen molar-refractivity contribution < 1.29 is 26.3 Å². The molecule has 11 heteroatoms. The topological polar surface area (TPSA) is 49.8 Å². The lowest BCUT2D eigenvalue weighted by atomic mass is 10.4. The molecule has 2 N–H and O–H groups in total. The number of hydrogen-bond acceptors (Lipinski definition) is 5. The zero-order chi connectivity index (χ0) is 15.4. The van der Waals surface area contributed by atoms with Crippen LogP contribution in [0.25, 0.3) is 0 Å². The molecule has 0 saturated heterocycles. The zero-order valence-electron chi connectivity index (χ0n) is 10.1. The molecule has 20 heavy (non-hydrogen) atoms. The molecule has 0 spiro atoms. The largest absolute Gasteiger partial charge is 0.441 e. The monoisotopic (exact) mass is 320 g/mol. The van der Waals surface area contributed by atoms with Gasteiger partial charge in [-0.2, -0.15) is 31.3 Å². The molecule has 0 saturated carbocycles. The van der Waals surface area contributed by atoms with Crippen LogP contribution in [-0.2, 0) is 6.18 Å². The maximum atomic E-state index is 12.5. The van der Waals surface area contributed by atoms with Gasteiger partial charge in [-0.3, -0.25) is 0 Å². The fourth-order valence-corrected chi connectivity index (χ4v) is 1.58. The summed E-state index contributed by atoms with van der Waals surface area (Å²) < 4.78 is 73.2. The first-order chi connectivity index (χ1) is 9.12. The third-order valence-corrected chi connectivity index (χ3v) is 2.65. The van der Waals surface area contributed by atoms with Crippen molar-refractivity contribution >= 4 is 23.5 Å². The van der Waals surface area contributed by atoms with Gasteiger partial charge in [0.2, 0.25) is 5.95 Å². The van der Waals surface area contributed by atoms with Gasteiger partial charge in [0.1, 0.15) is 5.82 Å². The van der Waals surface area contributed by atoms with Crippen molar-refractivity contribution in [3.8, 4) is 0 Å². The van der Waals surface area contributed by atoms with E-state index in [4.69, 9.17) is 0 Å². The van der Waals surface area contributed by atoms with Gasteiger partial charge in [-0.1, -0.05) is 0 Å². The highest BCUT2D eigenvalue weighted by molar-refractivity contribution is 8.00. The number of thioether (sulfide) groups is 1. The fraction of sp³-hybridized carbons (Fsp3) is 0.556. The number of nitrogens with one attached hydrogen (secondary N) is 2. The van der Waals surface area contributed by atoms with Crippen LogP contribution in [0.5, 0.6) is 0 Å². The second-order valence-electron chi connectivity index (χ2n) is 3.43. The van der Waals surface area contributed by atoms with E-state index in [2.05, 4.69) is 20.6 Å². The fourth-order valence-electron chi connectivity index (χ4n) is 1.14. The Bertz CT molecular complexity index is 447. The van der Waals surface area contributed by atoms with Crippen LogP contribution < -0.4 is 10.6 Å². The second-order valence-corrected chi connectivity index (χ2v) is 4.59. The van der Waals surface area contributed by atoms with Crippen LogP contribution in [0.2, 0.25) is 0 Å². The van der Waals surface area contributed by atoms with Crippen molar-refractivity contribution in [1.29, 1.82) is 0 Å². The normalized spacial score (nSPS) is 12.3. The van der Waals surface area contributed by atoms with Crippen molar-refractivity contribution in [2.75, 3.05) is 30.0 Å². The van der Waals surface area contributed by atoms with Gasteiger partial charge in [-0.15, -0.1) is 0 Å². The molecule has 0 amide bonds. The summed E-state index contributed by atoms with van der Waals surface area (Å²) in [7, 11) is 1.33. The minimum absolute atomic E-state index is 0.179. The Hall–Kier alpha value is -1.39. The van der Waals surface area contributed by atoms with E-state index in [1.165, 1.54) is 7.05 Å². The SMILES string of the molecule is CNc1nc(NCCSC(F)(F)F)cc(C(F)(F)F)n1. The number of anilines is 2. The van der Waals surface area contributed by atoms with Crippen LogP contribution in [0.1, 0.15) is 5.69 Å². The van der Waals surface area contributed by atoms with Gasteiger partial charge in [0, 0.05) is 25.4 Å². The lowest BCUT2D eigenvalue weighted by molar-refractivity contribution is -0.141. The van der Waals surface area contributed by atoms with Gasteiger partial charge in [-0.25, -0.2) is 4.98 Å². The van der Waals surface area contributed by atoms with E-state index in [1.807, 2.05) is 0 Å². The highest BCUT2D eigenvalue weighted by Gasteiger charge is 2.33. The predicted molar refractivity (Wildman–Crippen MR) is 63.6 cm³/mol. The summed E-state index contributed by atoms with van der Waals surface area (Å²) >= 11 is -0.271. The van der Waals surface area contributed by atoms with E-state index in [-0.39, 0.29) is 35.8 Å². The number of hydrogen-bond donors (Lipinski definition) is 2. The Morgan fingerprint density at radius 1 is 1.15 bits per heavy atom. The summed E-state index contributed by atoms with van der Waals surface area (Å²) in [6.45, 7) is -0.179. The van der Waals surface area contributed by atoms with Crippen LogP contribution in [0.4, 0.5) is 38.1 Å². The van der Waals surface area contributed by atoms with Gasteiger partial charge in [0.15, 0.2) is 5.69 Å². The number of halogens is 6. The summed E-state index contributed by atoms with van der Waals surface area (Å²) in [5.74, 6) is -0.811. The first kappa shape index (κ1) is 16.7. The van der Waals surface area contributed by atoms with Crippen LogP contribution in [0, 0.1) is 0 Å². The van der Waals surface area contributed by atoms with E-state index in [0.717, 1.165) is 0 Å². The Balaban J connectivity index is 2.70. The highest BCUT2D eigenvalue weighted by atomic mass is 32.2. The van der Waals surface area contributed by atoms with Gasteiger partial charge >= 0.3 is 11.7 Å². The number of nitrogens with zero attached hydrogens (tertiary/aromatic N) is 2. The molecule has 0 atom stereocenters. The molecular weight excluding hydrogens is 310 g/mol. The molecule has 1 heterocycles. The van der Waals surface area contributed by atoms with Gasteiger partial charge in [-0.05, 0) is 11.8 Å². The molecular formula is C9H10F6N4S. The maximum Gasteiger partial charge on any atom is 0.441 e. The average molecular weight is 320 g/mol. The van der Waals surface area contributed by atoms with Gasteiger partial charge in [0.05, 0.1) is 0 Å². The molecule has 1 rings (SSSR count). The van der Waals surface area contributed by atoms with Crippen molar-refractivity contribution in [3.05, 3.63) is 11.8 Å². The first-order valence-electron chi connectivity index (χ1n) is 5.20. The lowest BCUT2D eigenvalue weighted by Gasteiger charge is -2.11. The van der Waals surface area contributed by atoms with E-state index in [1.54, 1.807) is 0 Å². The molecule has 0 unspecified atom stereocenters. The molecule has 0 aliphatic heterocycles. The predicted octanol–water partition coefficient (Wildman–Crippen LogP) is 3.20. The molecule has 0 fully saturated rings. The van der Waals surface area contributed by atoms with Crippen molar-refractivity contribution in [2.24, 2.45) is 0 Å². The van der Waals surface area contributed by atoms with E-state index in [0.29, 0.717) is 6.07 Å². The molecule has 0 radical (unpaired) electrons. The van der Waals surface area contributed by atoms with Gasteiger partial charge in [0.25, 0.3) is 0 Å². The van der Waals surface area contributed by atoms with Crippen LogP contribution in [0.3, 0.4) is 0 Å². The maximum absolute atomic E-state index is 12.5. The lowest BCUT2D eigenvalue weighted by Crippen LogP contribution is -2.15. The Labute approximate surface area is 114 Å². The molecule has 4 nitrogen and oxygen atoms in total. The quantitative estimate of drug-likeness (QED) is 0.644. The molecule has 0 aromatic carbocycles. The van der Waals surface area contributed by atoms with Crippen molar-refractivity contribution in [1.82, 2.24) is 9.97 Å². The molecule has 114 valence electrons. The minimum atomic E-state index is -4.66. The number of alkyl halides is 6. The Morgan fingerprint density at radius 3 is 2.30 bits per heavy atom. The Kier molecular flexibility index (Phi) is 5.31. The van der Waals surface area contributed by atoms with E-state index in [9.17, 15) is 26.3 Å². The third kappa shape index (κ3) is 5.72. The first-order valence-corrected chi connectivity index (χ1v) is 6.19. The summed E-state index contributed by atoms with van der Waals surface area (Å²) in [5.41, 5.74) is -5.55. The van der Waals surface area contributed by atoms with Crippen LogP contribution >= 0.6 is 11.8 Å². The standard InChI is InChI=1S/C9H10F6N4S/c1-16-7-18-5(8(10,11)12)4-6(19-7)17-2-3-20-9(13,14)15/h4H,2-3H2,1H3,(H2,16,17,18,19). The van der Waals surface area contributed by atoms with Gasteiger partial charge < -0.3 is 10.6 Å². The average Bonchev–Trinajstić information content (AvgIpc) is 2.32. The molecule has 1 aromatic rings. The molecule has 0 aliphatic rings. The summed E-state index contributed by atoms with van der Waals surface area (Å²) in [6.07, 6.45) is -4.66. The summed E-state index contributed by atoms with van der Waals surface area (Å²) in [4.78, 5) is 6.89.